The molecule has 1 aliphatic heterocycles. The van der Waals surface area contributed by atoms with Crippen LogP contribution in [0, 0.1) is 5.92 Å². The van der Waals surface area contributed by atoms with E-state index in [4.69, 9.17) is 9.66 Å². The fraction of sp³-hybridized carbons (Fsp3) is 0.923. The first-order valence-electron chi connectivity index (χ1n) is 8.13. The molecule has 1 rings (SSSR count). The van der Waals surface area contributed by atoms with Crippen molar-refractivity contribution < 1.29 is 43.3 Å². The zero-order chi connectivity index (χ0) is 19.9. The molecule has 0 aromatic rings. The van der Waals surface area contributed by atoms with E-state index in [0.717, 1.165) is 0 Å². The van der Waals surface area contributed by atoms with E-state index in [1.165, 1.54) is 0 Å². The molecule has 1 amide bonds. The van der Waals surface area contributed by atoms with Crippen LogP contribution in [0.15, 0.2) is 0 Å². The molecule has 154 valence electrons. The number of carbonyl (C=O) groups is 1. The first-order valence-corrected chi connectivity index (χ1v) is 9.74. The summed E-state index contributed by atoms with van der Waals surface area (Å²) in [5.74, 6) is -1.64. The molecule has 0 aliphatic carbocycles. The highest BCUT2D eigenvalue weighted by atomic mass is 32.2. The fourth-order valence-corrected chi connectivity index (χ4v) is 3.17. The van der Waals surface area contributed by atoms with E-state index >= 15 is 0 Å². The molecule has 0 bridgehead atoms. The standard InChI is InChI=1S/C13H27N3O9S/c17-6-9(19)10(20)8(18)5-14-11-7(12(21)16-13(22)15-11)3-1-2-4-26(23,24)25/h7-11,13-15,17-20,22H,1-6H2,(H,16,21)(H,23,24,25)/t7?,8-,9+,10-,11?,13?/m0/s1. The molecule has 0 radical (unpaired) electrons. The molecule has 1 heterocycles. The van der Waals surface area contributed by atoms with Crippen LogP contribution in [0.2, 0.25) is 0 Å². The summed E-state index contributed by atoms with van der Waals surface area (Å²) in [5.41, 5.74) is 0. The number of hydrogen-bond donors (Lipinski definition) is 9. The Morgan fingerprint density at radius 3 is 2.38 bits per heavy atom. The maximum Gasteiger partial charge on any atom is 0.264 e. The molecule has 1 saturated heterocycles. The van der Waals surface area contributed by atoms with Crippen molar-refractivity contribution in [3.05, 3.63) is 0 Å². The van der Waals surface area contributed by atoms with Crippen LogP contribution < -0.4 is 16.0 Å². The predicted octanol–water partition coefficient (Wildman–Crippen LogP) is -4.35. The normalized spacial score (nSPS) is 27.6. The van der Waals surface area contributed by atoms with Gasteiger partial charge in [0.2, 0.25) is 5.91 Å². The minimum Gasteiger partial charge on any atom is -0.394 e. The lowest BCUT2D eigenvalue weighted by atomic mass is 9.95. The van der Waals surface area contributed by atoms with E-state index in [2.05, 4.69) is 16.0 Å². The number of amides is 1. The van der Waals surface area contributed by atoms with Gasteiger partial charge in [-0.1, -0.05) is 6.42 Å². The number of unbranched alkanes of at least 4 members (excludes halogenated alkanes) is 1. The predicted molar refractivity (Wildman–Crippen MR) is 87.9 cm³/mol. The molecule has 0 saturated carbocycles. The highest BCUT2D eigenvalue weighted by molar-refractivity contribution is 7.85. The van der Waals surface area contributed by atoms with Crippen LogP contribution in [0.4, 0.5) is 0 Å². The van der Waals surface area contributed by atoms with Gasteiger partial charge in [0.15, 0.2) is 6.35 Å². The van der Waals surface area contributed by atoms with Crippen molar-refractivity contribution in [2.75, 3.05) is 18.9 Å². The Bertz CT molecular complexity index is 547. The SMILES string of the molecule is O=C1NC(O)NC(NC[C@H](O)[C@H](O)[C@H](O)CO)C1CCCCS(=O)(=O)O. The van der Waals surface area contributed by atoms with Crippen molar-refractivity contribution in [3.63, 3.8) is 0 Å². The van der Waals surface area contributed by atoms with E-state index in [1.807, 2.05) is 0 Å². The van der Waals surface area contributed by atoms with Gasteiger partial charge in [-0.3, -0.25) is 20.0 Å². The highest BCUT2D eigenvalue weighted by Gasteiger charge is 2.35. The summed E-state index contributed by atoms with van der Waals surface area (Å²) in [6, 6.07) is 0. The van der Waals surface area contributed by atoms with Gasteiger partial charge in [0.1, 0.15) is 12.2 Å². The minimum atomic E-state index is -4.08. The van der Waals surface area contributed by atoms with E-state index in [0.29, 0.717) is 6.42 Å². The Morgan fingerprint density at radius 1 is 1.15 bits per heavy atom. The van der Waals surface area contributed by atoms with Gasteiger partial charge >= 0.3 is 0 Å². The zero-order valence-electron chi connectivity index (χ0n) is 14.0. The van der Waals surface area contributed by atoms with E-state index in [9.17, 15) is 33.6 Å². The number of rotatable bonds is 11. The lowest BCUT2D eigenvalue weighted by molar-refractivity contribution is -0.136. The van der Waals surface area contributed by atoms with Gasteiger partial charge in [0.05, 0.1) is 30.5 Å². The van der Waals surface area contributed by atoms with Crippen LogP contribution >= 0.6 is 0 Å². The van der Waals surface area contributed by atoms with Crippen LogP contribution in [0.1, 0.15) is 19.3 Å². The minimum absolute atomic E-state index is 0.141. The molecule has 26 heavy (non-hydrogen) atoms. The highest BCUT2D eigenvalue weighted by Crippen LogP contribution is 2.16. The van der Waals surface area contributed by atoms with E-state index in [1.54, 1.807) is 0 Å². The molecular formula is C13H27N3O9S. The Hall–Kier alpha value is -0.900. The molecule has 6 atom stereocenters. The van der Waals surface area contributed by atoms with Gasteiger partial charge in [0, 0.05) is 6.54 Å². The van der Waals surface area contributed by atoms with Crippen LogP contribution in [0.3, 0.4) is 0 Å². The second-order valence-electron chi connectivity index (χ2n) is 6.16. The molecular weight excluding hydrogens is 374 g/mol. The van der Waals surface area contributed by atoms with Crippen molar-refractivity contribution in [3.8, 4) is 0 Å². The Kier molecular flexibility index (Phi) is 9.29. The van der Waals surface area contributed by atoms with Crippen LogP contribution in [-0.4, -0.2) is 94.1 Å². The van der Waals surface area contributed by atoms with Crippen LogP contribution in [-0.2, 0) is 14.9 Å². The summed E-state index contributed by atoms with van der Waals surface area (Å²) >= 11 is 0. The van der Waals surface area contributed by atoms with Crippen molar-refractivity contribution in [1.29, 1.82) is 0 Å². The van der Waals surface area contributed by atoms with Gasteiger partial charge in [-0.15, -0.1) is 0 Å². The Balaban J connectivity index is 2.58. The molecule has 13 heteroatoms. The van der Waals surface area contributed by atoms with E-state index in [-0.39, 0.29) is 19.4 Å². The number of nitrogens with one attached hydrogen (secondary N) is 3. The van der Waals surface area contributed by atoms with Crippen LogP contribution in [0.5, 0.6) is 0 Å². The Morgan fingerprint density at radius 2 is 1.81 bits per heavy atom. The number of carbonyl (C=O) groups excluding carboxylic acids is 1. The third kappa shape index (κ3) is 7.77. The van der Waals surface area contributed by atoms with Gasteiger partial charge in [-0.2, -0.15) is 8.42 Å². The molecule has 9 N–H and O–H groups in total. The van der Waals surface area contributed by atoms with Gasteiger partial charge in [-0.25, -0.2) is 0 Å². The maximum atomic E-state index is 12.0. The summed E-state index contributed by atoms with van der Waals surface area (Å²) in [6.07, 6.45) is -6.03. The van der Waals surface area contributed by atoms with Crippen molar-refractivity contribution in [1.82, 2.24) is 16.0 Å². The molecule has 0 aromatic carbocycles. The average Bonchev–Trinajstić information content (AvgIpc) is 2.55. The van der Waals surface area contributed by atoms with Gasteiger partial charge in [-0.05, 0) is 12.8 Å². The molecule has 1 aliphatic rings. The first kappa shape index (κ1) is 23.1. The lowest BCUT2D eigenvalue weighted by Gasteiger charge is -2.36. The monoisotopic (exact) mass is 401 g/mol. The number of hydrogen-bond acceptors (Lipinski definition) is 10. The summed E-state index contributed by atoms with van der Waals surface area (Å²) in [5, 5.41) is 54.7. The smallest absolute Gasteiger partial charge is 0.264 e. The average molecular weight is 401 g/mol. The summed E-state index contributed by atoms with van der Waals surface area (Å²) in [7, 11) is -4.08. The number of aliphatic hydroxyl groups excluding tert-OH is 5. The molecule has 3 unspecified atom stereocenters. The third-order valence-electron chi connectivity index (χ3n) is 4.05. The topological polar surface area (TPSA) is 209 Å². The second-order valence-corrected chi connectivity index (χ2v) is 7.73. The quantitative estimate of drug-likeness (QED) is 0.119. The number of aliphatic hydroxyl groups is 5. The third-order valence-corrected chi connectivity index (χ3v) is 4.85. The van der Waals surface area contributed by atoms with Crippen LogP contribution in [0.25, 0.3) is 0 Å². The summed E-state index contributed by atoms with van der Waals surface area (Å²) < 4.78 is 30.1. The summed E-state index contributed by atoms with van der Waals surface area (Å²) in [4.78, 5) is 12.0. The lowest BCUT2D eigenvalue weighted by Crippen LogP contribution is -2.66. The van der Waals surface area contributed by atoms with Crippen molar-refractivity contribution in [2.45, 2.75) is 50.1 Å². The van der Waals surface area contributed by atoms with Crippen molar-refractivity contribution in [2.24, 2.45) is 5.92 Å². The first-order chi connectivity index (χ1) is 12.0. The maximum absolute atomic E-state index is 12.0. The van der Waals surface area contributed by atoms with Gasteiger partial charge in [0.25, 0.3) is 10.1 Å². The fourth-order valence-electron chi connectivity index (χ4n) is 2.60. The molecule has 12 nitrogen and oxygen atoms in total. The summed E-state index contributed by atoms with van der Waals surface area (Å²) in [6.45, 7) is -0.991. The van der Waals surface area contributed by atoms with Gasteiger partial charge < -0.3 is 30.8 Å². The molecule has 1 fully saturated rings. The largest absolute Gasteiger partial charge is 0.394 e. The Labute approximate surface area is 151 Å². The molecule has 0 aromatic heterocycles. The van der Waals surface area contributed by atoms with Crippen molar-refractivity contribution >= 4 is 16.0 Å². The second kappa shape index (κ2) is 10.4. The molecule has 0 spiro atoms. The zero-order valence-corrected chi connectivity index (χ0v) is 14.8. The van der Waals surface area contributed by atoms with E-state index < -0.39 is 65.1 Å².